The van der Waals surface area contributed by atoms with Crippen molar-refractivity contribution < 1.29 is 9.90 Å². The molecule has 5 heteroatoms. The van der Waals surface area contributed by atoms with Gasteiger partial charge < -0.3 is 14.6 Å². The molecular formula is C14H17N3O2. The molecule has 0 saturated heterocycles. The molecule has 1 fully saturated rings. The minimum atomic E-state index is -0.925. The molecular weight excluding hydrogens is 242 g/mol. The number of carbonyl (C=O) groups is 1. The molecule has 1 aliphatic carbocycles. The molecule has 19 heavy (non-hydrogen) atoms. The summed E-state index contributed by atoms with van der Waals surface area (Å²) < 4.78 is 2.03. The zero-order chi connectivity index (χ0) is 13.4. The van der Waals surface area contributed by atoms with Crippen LogP contribution in [0.3, 0.4) is 0 Å². The molecule has 0 bridgehead atoms. The van der Waals surface area contributed by atoms with Gasteiger partial charge in [-0.3, -0.25) is 0 Å². The molecule has 5 nitrogen and oxygen atoms in total. The largest absolute Gasteiger partial charge is 0.478 e. The number of aromatic nitrogens is 2. The third kappa shape index (κ3) is 2.33. The van der Waals surface area contributed by atoms with Crippen LogP contribution in [0.25, 0.3) is 11.0 Å². The second-order valence-electron chi connectivity index (χ2n) is 5.13. The zero-order valence-corrected chi connectivity index (χ0v) is 10.9. The van der Waals surface area contributed by atoms with E-state index < -0.39 is 5.97 Å². The molecule has 2 aromatic rings. The van der Waals surface area contributed by atoms with Crippen LogP contribution in [0.5, 0.6) is 0 Å². The SMILES string of the molecule is CN(CCn1cnc2c(C(=O)O)cccc21)C1CC1. The zero-order valence-electron chi connectivity index (χ0n) is 10.9. The predicted molar refractivity (Wildman–Crippen MR) is 72.3 cm³/mol. The van der Waals surface area contributed by atoms with Gasteiger partial charge in [0.05, 0.1) is 17.4 Å². The predicted octanol–water partition coefficient (Wildman–Crippen LogP) is 1.83. The van der Waals surface area contributed by atoms with E-state index >= 15 is 0 Å². The van der Waals surface area contributed by atoms with Crippen molar-refractivity contribution in [2.45, 2.75) is 25.4 Å². The Hall–Kier alpha value is -1.88. The lowest BCUT2D eigenvalue weighted by atomic mass is 10.2. The van der Waals surface area contributed by atoms with E-state index in [1.54, 1.807) is 18.5 Å². The highest BCUT2D eigenvalue weighted by Gasteiger charge is 2.25. The summed E-state index contributed by atoms with van der Waals surface area (Å²) >= 11 is 0. The van der Waals surface area contributed by atoms with E-state index in [0.717, 1.165) is 24.6 Å². The molecule has 1 aromatic carbocycles. The molecule has 0 spiro atoms. The number of hydrogen-bond donors (Lipinski definition) is 1. The summed E-state index contributed by atoms with van der Waals surface area (Å²) in [6, 6.07) is 6.03. The van der Waals surface area contributed by atoms with Crippen molar-refractivity contribution in [3.05, 3.63) is 30.1 Å². The number of nitrogens with zero attached hydrogens (tertiary/aromatic N) is 3. The molecule has 0 atom stereocenters. The van der Waals surface area contributed by atoms with E-state index in [0.29, 0.717) is 5.52 Å². The average molecular weight is 259 g/mol. The van der Waals surface area contributed by atoms with Crippen molar-refractivity contribution in [2.75, 3.05) is 13.6 Å². The van der Waals surface area contributed by atoms with E-state index in [9.17, 15) is 4.79 Å². The molecule has 0 unspecified atom stereocenters. The van der Waals surface area contributed by atoms with Gasteiger partial charge in [-0.05, 0) is 32.0 Å². The Morgan fingerprint density at radius 2 is 2.32 bits per heavy atom. The summed E-state index contributed by atoms with van der Waals surface area (Å²) in [5, 5.41) is 9.13. The van der Waals surface area contributed by atoms with Gasteiger partial charge in [-0.1, -0.05) is 6.07 Å². The summed E-state index contributed by atoms with van der Waals surface area (Å²) in [6.07, 6.45) is 4.33. The molecule has 1 aliphatic rings. The number of para-hydroxylation sites is 1. The molecule has 100 valence electrons. The van der Waals surface area contributed by atoms with E-state index in [1.165, 1.54) is 12.8 Å². The van der Waals surface area contributed by atoms with Crippen molar-refractivity contribution in [1.29, 1.82) is 0 Å². The van der Waals surface area contributed by atoms with Crippen LogP contribution in [0.15, 0.2) is 24.5 Å². The van der Waals surface area contributed by atoms with Gasteiger partial charge in [0, 0.05) is 19.1 Å². The number of hydrogen-bond acceptors (Lipinski definition) is 3. The van der Waals surface area contributed by atoms with Crippen LogP contribution in [0.1, 0.15) is 23.2 Å². The third-order valence-electron chi connectivity index (χ3n) is 3.74. The fourth-order valence-electron chi connectivity index (χ4n) is 2.40. The van der Waals surface area contributed by atoms with Gasteiger partial charge in [-0.15, -0.1) is 0 Å². The third-order valence-corrected chi connectivity index (χ3v) is 3.74. The number of likely N-dealkylation sites (N-methyl/N-ethyl adjacent to an activating group) is 1. The first-order valence-electron chi connectivity index (χ1n) is 6.54. The number of carboxylic acid groups (broad SMARTS) is 1. The van der Waals surface area contributed by atoms with E-state index in [-0.39, 0.29) is 5.56 Å². The molecule has 1 aromatic heterocycles. The Morgan fingerprint density at radius 3 is 3.00 bits per heavy atom. The Morgan fingerprint density at radius 1 is 1.53 bits per heavy atom. The van der Waals surface area contributed by atoms with Gasteiger partial charge >= 0.3 is 5.97 Å². The number of fused-ring (bicyclic) bond motifs is 1. The first-order chi connectivity index (χ1) is 9.16. The average Bonchev–Trinajstić information content (AvgIpc) is 3.16. The maximum absolute atomic E-state index is 11.1. The molecule has 3 rings (SSSR count). The minimum Gasteiger partial charge on any atom is -0.478 e. The van der Waals surface area contributed by atoms with Crippen molar-refractivity contribution in [2.24, 2.45) is 0 Å². The molecule has 0 aliphatic heterocycles. The monoisotopic (exact) mass is 259 g/mol. The Labute approximate surface area is 111 Å². The summed E-state index contributed by atoms with van der Waals surface area (Å²) in [7, 11) is 2.14. The fraction of sp³-hybridized carbons (Fsp3) is 0.429. The molecule has 1 N–H and O–H groups in total. The highest BCUT2D eigenvalue weighted by atomic mass is 16.4. The first-order valence-corrected chi connectivity index (χ1v) is 6.54. The van der Waals surface area contributed by atoms with Gasteiger partial charge in [0.2, 0.25) is 0 Å². The van der Waals surface area contributed by atoms with Crippen LogP contribution < -0.4 is 0 Å². The lowest BCUT2D eigenvalue weighted by Crippen LogP contribution is -2.25. The topological polar surface area (TPSA) is 58.4 Å². The quantitative estimate of drug-likeness (QED) is 0.890. The van der Waals surface area contributed by atoms with Crippen molar-refractivity contribution in [3.8, 4) is 0 Å². The summed E-state index contributed by atoms with van der Waals surface area (Å²) in [4.78, 5) is 17.7. The van der Waals surface area contributed by atoms with Crippen LogP contribution >= 0.6 is 0 Å². The number of imidazole rings is 1. The van der Waals surface area contributed by atoms with Crippen molar-refractivity contribution in [3.63, 3.8) is 0 Å². The molecule has 0 amide bonds. The maximum atomic E-state index is 11.1. The maximum Gasteiger partial charge on any atom is 0.337 e. The van der Waals surface area contributed by atoms with Crippen molar-refractivity contribution >= 4 is 17.0 Å². The molecule has 1 heterocycles. The molecule has 1 saturated carbocycles. The molecule has 0 radical (unpaired) electrons. The van der Waals surface area contributed by atoms with E-state index in [2.05, 4.69) is 16.9 Å². The number of carboxylic acids is 1. The van der Waals surface area contributed by atoms with Gasteiger partial charge in [0.25, 0.3) is 0 Å². The number of benzene rings is 1. The van der Waals surface area contributed by atoms with Crippen LogP contribution in [-0.4, -0.2) is 45.2 Å². The van der Waals surface area contributed by atoms with E-state index in [1.807, 2.05) is 10.6 Å². The fourth-order valence-corrected chi connectivity index (χ4v) is 2.40. The Balaban J connectivity index is 1.84. The number of aromatic carboxylic acids is 1. The van der Waals surface area contributed by atoms with Gasteiger partial charge in [0.1, 0.15) is 5.52 Å². The second-order valence-corrected chi connectivity index (χ2v) is 5.13. The summed E-state index contributed by atoms with van der Waals surface area (Å²) in [5.41, 5.74) is 1.74. The lowest BCUT2D eigenvalue weighted by Gasteiger charge is -2.15. The Kier molecular flexibility index (Phi) is 2.98. The van der Waals surface area contributed by atoms with E-state index in [4.69, 9.17) is 5.11 Å². The van der Waals surface area contributed by atoms with Crippen molar-refractivity contribution in [1.82, 2.24) is 14.5 Å². The Bertz CT molecular complexity index is 616. The smallest absolute Gasteiger partial charge is 0.337 e. The second kappa shape index (κ2) is 4.66. The van der Waals surface area contributed by atoms with Gasteiger partial charge in [-0.2, -0.15) is 0 Å². The van der Waals surface area contributed by atoms with Crippen LogP contribution in [-0.2, 0) is 6.54 Å². The minimum absolute atomic E-state index is 0.270. The summed E-state index contributed by atoms with van der Waals surface area (Å²) in [5.74, 6) is -0.925. The van der Waals surface area contributed by atoms with Gasteiger partial charge in [0.15, 0.2) is 0 Å². The van der Waals surface area contributed by atoms with Crippen LogP contribution in [0.2, 0.25) is 0 Å². The van der Waals surface area contributed by atoms with Gasteiger partial charge in [-0.25, -0.2) is 9.78 Å². The van der Waals surface area contributed by atoms with Crippen LogP contribution in [0.4, 0.5) is 0 Å². The first kappa shape index (κ1) is 12.2. The standard InChI is InChI=1S/C14H17N3O2/c1-16(10-5-6-10)7-8-17-9-15-13-11(14(18)19)3-2-4-12(13)17/h2-4,9-10H,5-8H2,1H3,(H,18,19). The number of rotatable bonds is 5. The highest BCUT2D eigenvalue weighted by Crippen LogP contribution is 2.25. The normalized spacial score (nSPS) is 15.3. The van der Waals surface area contributed by atoms with Crippen LogP contribution in [0, 0.1) is 0 Å². The highest BCUT2D eigenvalue weighted by molar-refractivity contribution is 6.00. The summed E-state index contributed by atoms with van der Waals surface area (Å²) in [6.45, 7) is 1.81. The lowest BCUT2D eigenvalue weighted by molar-refractivity contribution is 0.0699.